The molecule has 116 valence electrons. The number of carboxylic acid groups (broad SMARTS) is 1. The number of rotatable bonds is 8. The molecule has 0 heterocycles. The van der Waals surface area contributed by atoms with Gasteiger partial charge >= 0.3 is 5.97 Å². The van der Waals surface area contributed by atoms with Crippen molar-refractivity contribution in [3.63, 3.8) is 0 Å². The second-order valence-corrected chi connectivity index (χ2v) is 4.84. The Kier molecular flexibility index (Phi) is 6.68. The van der Waals surface area contributed by atoms with Crippen LogP contribution in [-0.4, -0.2) is 42.8 Å². The molecule has 0 spiro atoms. The predicted octanol–water partition coefficient (Wildman–Crippen LogP) is 1.69. The molecule has 21 heavy (non-hydrogen) atoms. The molecule has 1 rings (SSSR count). The Morgan fingerprint density at radius 3 is 2.62 bits per heavy atom. The van der Waals surface area contributed by atoms with Gasteiger partial charge in [0.2, 0.25) is 0 Å². The van der Waals surface area contributed by atoms with E-state index in [1.807, 2.05) is 13.8 Å². The van der Waals surface area contributed by atoms with Gasteiger partial charge in [0, 0.05) is 25.7 Å². The number of hydrogen-bond acceptors (Lipinski definition) is 4. The fourth-order valence-electron chi connectivity index (χ4n) is 1.72. The molecule has 1 unspecified atom stereocenters. The molecule has 0 bridgehead atoms. The van der Waals surface area contributed by atoms with E-state index in [0.717, 1.165) is 0 Å². The third-order valence-electron chi connectivity index (χ3n) is 2.68. The number of carbonyl (C=O) groups excluding carboxylic acids is 1. The van der Waals surface area contributed by atoms with Crippen LogP contribution in [0.1, 0.15) is 30.6 Å². The molecule has 0 saturated carbocycles. The molecular weight excluding hydrogens is 274 g/mol. The van der Waals surface area contributed by atoms with Gasteiger partial charge in [0.15, 0.2) is 0 Å². The van der Waals surface area contributed by atoms with Crippen molar-refractivity contribution in [2.24, 2.45) is 0 Å². The van der Waals surface area contributed by atoms with Gasteiger partial charge in [-0.1, -0.05) is 6.07 Å². The lowest BCUT2D eigenvalue weighted by Crippen LogP contribution is -2.41. The zero-order valence-corrected chi connectivity index (χ0v) is 12.5. The SMILES string of the molecule is COCCC(NC(=O)c1cccc(OC(C)C)c1)C(=O)O. The van der Waals surface area contributed by atoms with Gasteiger partial charge in [-0.05, 0) is 32.0 Å². The molecule has 0 aliphatic carbocycles. The van der Waals surface area contributed by atoms with E-state index in [1.165, 1.54) is 7.11 Å². The van der Waals surface area contributed by atoms with Crippen molar-refractivity contribution < 1.29 is 24.2 Å². The molecule has 6 nitrogen and oxygen atoms in total. The fourth-order valence-corrected chi connectivity index (χ4v) is 1.72. The molecular formula is C15H21NO5. The first-order valence-corrected chi connectivity index (χ1v) is 6.73. The fraction of sp³-hybridized carbons (Fsp3) is 0.467. The Bertz CT molecular complexity index is 487. The van der Waals surface area contributed by atoms with Crippen LogP contribution in [0.4, 0.5) is 0 Å². The normalized spacial score (nSPS) is 12.0. The second kappa shape index (κ2) is 8.26. The van der Waals surface area contributed by atoms with Gasteiger partial charge in [-0.25, -0.2) is 4.79 Å². The average molecular weight is 295 g/mol. The molecule has 2 N–H and O–H groups in total. The minimum absolute atomic E-state index is 0.00298. The molecule has 0 saturated heterocycles. The number of aliphatic carboxylic acids is 1. The number of amides is 1. The molecule has 1 aromatic carbocycles. The average Bonchev–Trinajstić information content (AvgIpc) is 2.42. The number of benzene rings is 1. The van der Waals surface area contributed by atoms with Crippen LogP contribution < -0.4 is 10.1 Å². The van der Waals surface area contributed by atoms with Crippen LogP contribution in [0.25, 0.3) is 0 Å². The maximum absolute atomic E-state index is 12.1. The second-order valence-electron chi connectivity index (χ2n) is 4.84. The summed E-state index contributed by atoms with van der Waals surface area (Å²) in [4.78, 5) is 23.2. The van der Waals surface area contributed by atoms with Crippen LogP contribution in [0.15, 0.2) is 24.3 Å². The lowest BCUT2D eigenvalue weighted by molar-refractivity contribution is -0.139. The third kappa shape index (κ3) is 5.83. The number of nitrogens with one attached hydrogen (secondary N) is 1. The van der Waals surface area contributed by atoms with Crippen molar-refractivity contribution in [3.8, 4) is 5.75 Å². The van der Waals surface area contributed by atoms with E-state index in [9.17, 15) is 9.59 Å². The molecule has 0 radical (unpaired) electrons. The van der Waals surface area contributed by atoms with Gasteiger partial charge < -0.3 is 19.9 Å². The summed E-state index contributed by atoms with van der Waals surface area (Å²) >= 11 is 0. The summed E-state index contributed by atoms with van der Waals surface area (Å²) in [6, 6.07) is 5.66. The van der Waals surface area contributed by atoms with E-state index in [0.29, 0.717) is 11.3 Å². The Labute approximate surface area is 124 Å². The Morgan fingerprint density at radius 1 is 1.33 bits per heavy atom. The smallest absolute Gasteiger partial charge is 0.326 e. The predicted molar refractivity (Wildman–Crippen MR) is 77.6 cm³/mol. The first-order valence-electron chi connectivity index (χ1n) is 6.73. The number of ether oxygens (including phenoxy) is 2. The van der Waals surface area contributed by atoms with Crippen LogP contribution >= 0.6 is 0 Å². The molecule has 0 aliphatic rings. The minimum atomic E-state index is -1.09. The van der Waals surface area contributed by atoms with Gasteiger partial charge in [0.25, 0.3) is 5.91 Å². The van der Waals surface area contributed by atoms with E-state index in [4.69, 9.17) is 14.6 Å². The van der Waals surface area contributed by atoms with E-state index in [-0.39, 0.29) is 19.1 Å². The lowest BCUT2D eigenvalue weighted by Gasteiger charge is -2.15. The highest BCUT2D eigenvalue weighted by Crippen LogP contribution is 2.15. The summed E-state index contributed by atoms with van der Waals surface area (Å²) in [6.45, 7) is 4.03. The topological polar surface area (TPSA) is 84.9 Å². The monoisotopic (exact) mass is 295 g/mol. The van der Waals surface area contributed by atoms with Crippen molar-refractivity contribution in [2.75, 3.05) is 13.7 Å². The van der Waals surface area contributed by atoms with Crippen LogP contribution in [0, 0.1) is 0 Å². The largest absolute Gasteiger partial charge is 0.491 e. The van der Waals surface area contributed by atoms with Crippen LogP contribution in [0.5, 0.6) is 5.75 Å². The number of methoxy groups -OCH3 is 1. The zero-order chi connectivity index (χ0) is 15.8. The summed E-state index contributed by atoms with van der Waals surface area (Å²) < 4.78 is 10.3. The maximum atomic E-state index is 12.1. The molecule has 0 fully saturated rings. The highest BCUT2D eigenvalue weighted by atomic mass is 16.5. The van der Waals surface area contributed by atoms with Gasteiger partial charge in [-0.3, -0.25) is 4.79 Å². The van der Waals surface area contributed by atoms with E-state index in [1.54, 1.807) is 24.3 Å². The number of carbonyl (C=O) groups is 2. The molecule has 1 aromatic rings. The van der Waals surface area contributed by atoms with E-state index >= 15 is 0 Å². The number of hydrogen-bond donors (Lipinski definition) is 2. The lowest BCUT2D eigenvalue weighted by atomic mass is 10.1. The first-order chi connectivity index (χ1) is 9.93. The van der Waals surface area contributed by atoms with Crippen molar-refractivity contribution >= 4 is 11.9 Å². The Balaban J connectivity index is 2.75. The van der Waals surface area contributed by atoms with E-state index < -0.39 is 17.9 Å². The summed E-state index contributed by atoms with van der Waals surface area (Å²) in [6.07, 6.45) is 0.205. The zero-order valence-electron chi connectivity index (χ0n) is 12.5. The van der Waals surface area contributed by atoms with Gasteiger partial charge in [-0.15, -0.1) is 0 Å². The van der Waals surface area contributed by atoms with Crippen LogP contribution in [-0.2, 0) is 9.53 Å². The summed E-state index contributed by atoms with van der Waals surface area (Å²) in [5.74, 6) is -0.968. The maximum Gasteiger partial charge on any atom is 0.326 e. The summed E-state index contributed by atoms with van der Waals surface area (Å²) in [7, 11) is 1.48. The summed E-state index contributed by atoms with van der Waals surface area (Å²) in [5, 5.41) is 11.5. The van der Waals surface area contributed by atoms with Gasteiger partial charge in [0.1, 0.15) is 11.8 Å². The van der Waals surface area contributed by atoms with Crippen molar-refractivity contribution in [1.82, 2.24) is 5.32 Å². The van der Waals surface area contributed by atoms with E-state index in [2.05, 4.69) is 5.32 Å². The third-order valence-corrected chi connectivity index (χ3v) is 2.68. The minimum Gasteiger partial charge on any atom is -0.491 e. The molecule has 1 atom stereocenters. The molecule has 0 aromatic heterocycles. The molecule has 1 amide bonds. The Morgan fingerprint density at radius 2 is 2.05 bits per heavy atom. The van der Waals surface area contributed by atoms with Gasteiger partial charge in [-0.2, -0.15) is 0 Å². The van der Waals surface area contributed by atoms with Gasteiger partial charge in [0.05, 0.1) is 6.10 Å². The van der Waals surface area contributed by atoms with Crippen molar-refractivity contribution in [1.29, 1.82) is 0 Å². The van der Waals surface area contributed by atoms with Crippen LogP contribution in [0.2, 0.25) is 0 Å². The highest BCUT2D eigenvalue weighted by Gasteiger charge is 2.20. The standard InChI is InChI=1S/C15H21NO5/c1-10(2)21-12-6-4-5-11(9-12)14(17)16-13(15(18)19)7-8-20-3/h4-6,9-10,13H,7-8H2,1-3H3,(H,16,17)(H,18,19). The summed E-state index contributed by atoms with van der Waals surface area (Å²) in [5.41, 5.74) is 0.358. The molecule has 6 heteroatoms. The molecule has 0 aliphatic heterocycles. The number of carboxylic acids is 1. The highest BCUT2D eigenvalue weighted by molar-refractivity contribution is 5.96. The van der Waals surface area contributed by atoms with Crippen molar-refractivity contribution in [2.45, 2.75) is 32.4 Å². The van der Waals surface area contributed by atoms with Crippen LogP contribution in [0.3, 0.4) is 0 Å². The first kappa shape index (κ1) is 17.0. The van der Waals surface area contributed by atoms with Crippen molar-refractivity contribution in [3.05, 3.63) is 29.8 Å². The quantitative estimate of drug-likeness (QED) is 0.762. The Hall–Kier alpha value is -2.08.